The Morgan fingerprint density at radius 1 is 1.30 bits per heavy atom. The first-order valence-corrected chi connectivity index (χ1v) is 8.49. The van der Waals surface area contributed by atoms with Crippen molar-refractivity contribution in [1.82, 2.24) is 19.8 Å². The van der Waals surface area contributed by atoms with Crippen molar-refractivity contribution in [3.63, 3.8) is 0 Å². The van der Waals surface area contributed by atoms with E-state index < -0.39 is 0 Å². The molecule has 0 radical (unpaired) electrons. The number of nitrogens with zero attached hydrogens (tertiary/aromatic N) is 3. The number of H-pyrrole nitrogens is 1. The maximum absolute atomic E-state index is 8.78. The quantitative estimate of drug-likeness (QED) is 0.758. The fraction of sp³-hybridized carbons (Fsp3) is 0.471. The van der Waals surface area contributed by atoms with Crippen molar-refractivity contribution < 1.29 is 5.11 Å². The Bertz CT molecular complexity index is 665. The lowest BCUT2D eigenvalue weighted by Gasteiger charge is -2.23. The van der Waals surface area contributed by atoms with E-state index in [0.29, 0.717) is 0 Å². The fourth-order valence-corrected chi connectivity index (χ4v) is 3.06. The molecular formula is C17H24N4OS. The van der Waals surface area contributed by atoms with Crippen LogP contribution in [0.15, 0.2) is 17.8 Å². The third-order valence-electron chi connectivity index (χ3n) is 3.52. The number of rotatable bonds is 7. The minimum absolute atomic E-state index is 0.0986. The van der Waals surface area contributed by atoms with Gasteiger partial charge >= 0.3 is 0 Å². The molecule has 0 amide bonds. The van der Waals surface area contributed by atoms with Gasteiger partial charge < -0.3 is 15.0 Å². The summed E-state index contributed by atoms with van der Waals surface area (Å²) in [6, 6.07) is 2.10. The lowest BCUT2D eigenvalue weighted by molar-refractivity contribution is 0.225. The maximum atomic E-state index is 8.78. The van der Waals surface area contributed by atoms with Crippen molar-refractivity contribution >= 4 is 11.3 Å². The summed E-state index contributed by atoms with van der Waals surface area (Å²) in [6.07, 6.45) is 1.75. The van der Waals surface area contributed by atoms with Crippen molar-refractivity contribution in [3.05, 3.63) is 39.6 Å². The molecule has 0 aliphatic heterocycles. The Hall–Kier alpha value is -1.65. The van der Waals surface area contributed by atoms with Crippen LogP contribution in [0.25, 0.3) is 0 Å². The van der Waals surface area contributed by atoms with E-state index in [-0.39, 0.29) is 6.61 Å². The zero-order valence-corrected chi connectivity index (χ0v) is 14.8. The number of aliphatic hydroxyl groups is 1. The molecule has 0 atom stereocenters. The van der Waals surface area contributed by atoms with E-state index in [1.165, 1.54) is 4.88 Å². The Balaban J connectivity index is 2.04. The molecule has 0 fully saturated rings. The van der Waals surface area contributed by atoms with Crippen LogP contribution in [-0.4, -0.2) is 58.7 Å². The van der Waals surface area contributed by atoms with Crippen LogP contribution in [0.4, 0.5) is 0 Å². The van der Waals surface area contributed by atoms with E-state index in [2.05, 4.69) is 58.7 Å². The van der Waals surface area contributed by atoms with Crippen molar-refractivity contribution in [2.75, 3.05) is 33.8 Å². The molecule has 0 aromatic carbocycles. The van der Waals surface area contributed by atoms with Crippen LogP contribution in [0.3, 0.4) is 0 Å². The van der Waals surface area contributed by atoms with Gasteiger partial charge in [0.25, 0.3) is 0 Å². The topological polar surface area (TPSA) is 55.4 Å². The second-order valence-electron chi connectivity index (χ2n) is 5.75. The number of aliphatic hydroxyl groups excluding tert-OH is 1. The van der Waals surface area contributed by atoms with E-state index in [0.717, 1.165) is 43.1 Å². The number of hydrogen-bond acceptors (Lipinski definition) is 5. The molecule has 2 N–H and O–H groups in total. The van der Waals surface area contributed by atoms with E-state index in [1.807, 2.05) is 5.38 Å². The Morgan fingerprint density at radius 3 is 2.78 bits per heavy atom. The average Bonchev–Trinajstić information content (AvgIpc) is 3.12. The zero-order valence-electron chi connectivity index (χ0n) is 14.0. The van der Waals surface area contributed by atoms with E-state index in [1.54, 1.807) is 17.7 Å². The molecular weight excluding hydrogens is 308 g/mol. The summed E-state index contributed by atoms with van der Waals surface area (Å²) in [6.45, 7) is 5.66. The predicted molar refractivity (Wildman–Crippen MR) is 94.3 cm³/mol. The molecule has 0 aliphatic carbocycles. The summed E-state index contributed by atoms with van der Waals surface area (Å²) in [7, 11) is 4.18. The number of aromatic amines is 1. The van der Waals surface area contributed by atoms with Gasteiger partial charge in [0, 0.05) is 47.7 Å². The van der Waals surface area contributed by atoms with Gasteiger partial charge in [0.05, 0.1) is 12.0 Å². The molecule has 124 valence electrons. The minimum atomic E-state index is -0.0986. The van der Waals surface area contributed by atoms with Gasteiger partial charge in [-0.3, -0.25) is 4.90 Å². The molecule has 0 aliphatic rings. The first kappa shape index (κ1) is 17.7. The van der Waals surface area contributed by atoms with Crippen LogP contribution in [-0.2, 0) is 13.1 Å². The van der Waals surface area contributed by atoms with Crippen molar-refractivity contribution in [2.24, 2.45) is 0 Å². The highest BCUT2D eigenvalue weighted by molar-refractivity contribution is 7.10. The molecule has 0 saturated carbocycles. The first-order chi connectivity index (χ1) is 11.1. The number of likely N-dealkylation sites (N-methyl/N-ethyl adjacent to an activating group) is 1. The largest absolute Gasteiger partial charge is 0.384 e. The first-order valence-electron chi connectivity index (χ1n) is 7.61. The second kappa shape index (κ2) is 8.85. The molecule has 0 spiro atoms. The third kappa shape index (κ3) is 5.81. The molecule has 0 saturated heterocycles. The second-order valence-corrected chi connectivity index (χ2v) is 6.75. The summed E-state index contributed by atoms with van der Waals surface area (Å²) in [5, 5.41) is 10.8. The van der Waals surface area contributed by atoms with Crippen LogP contribution >= 0.6 is 11.3 Å². The lowest BCUT2D eigenvalue weighted by Crippen LogP contribution is -2.31. The predicted octanol–water partition coefficient (Wildman–Crippen LogP) is 1.69. The Kier molecular flexibility index (Phi) is 6.81. The zero-order chi connectivity index (χ0) is 16.7. The molecule has 23 heavy (non-hydrogen) atoms. The lowest BCUT2D eigenvalue weighted by atomic mass is 10.2. The van der Waals surface area contributed by atoms with Crippen LogP contribution in [0.2, 0.25) is 0 Å². The van der Waals surface area contributed by atoms with Gasteiger partial charge in [-0.2, -0.15) is 0 Å². The maximum Gasteiger partial charge on any atom is 0.104 e. The molecule has 5 nitrogen and oxygen atoms in total. The van der Waals surface area contributed by atoms with E-state index in [4.69, 9.17) is 5.11 Å². The van der Waals surface area contributed by atoms with Crippen molar-refractivity contribution in [1.29, 1.82) is 0 Å². The molecule has 2 aromatic heterocycles. The highest BCUT2D eigenvalue weighted by Gasteiger charge is 2.12. The minimum Gasteiger partial charge on any atom is -0.384 e. The summed E-state index contributed by atoms with van der Waals surface area (Å²) in [5.74, 6) is 5.65. The van der Waals surface area contributed by atoms with Gasteiger partial charge in [-0.05, 0) is 27.1 Å². The molecule has 6 heteroatoms. The highest BCUT2D eigenvalue weighted by Crippen LogP contribution is 2.18. The Morgan fingerprint density at radius 2 is 2.13 bits per heavy atom. The van der Waals surface area contributed by atoms with Crippen LogP contribution in [0, 0.1) is 18.8 Å². The highest BCUT2D eigenvalue weighted by atomic mass is 32.1. The SMILES string of the molecule is Cc1[nH]cnc1CN(CCN(C)C)Cc1cc(C#CCO)cs1. The van der Waals surface area contributed by atoms with Crippen molar-refractivity contribution in [3.8, 4) is 11.8 Å². The van der Waals surface area contributed by atoms with E-state index in [9.17, 15) is 0 Å². The van der Waals surface area contributed by atoms with Gasteiger partial charge in [-0.25, -0.2) is 4.98 Å². The fourth-order valence-electron chi connectivity index (χ4n) is 2.20. The van der Waals surface area contributed by atoms with Gasteiger partial charge in [0.2, 0.25) is 0 Å². The molecule has 2 aromatic rings. The summed E-state index contributed by atoms with van der Waals surface area (Å²) in [5.41, 5.74) is 3.20. The number of aryl methyl sites for hydroxylation is 1. The Labute approximate surface area is 142 Å². The standard InChI is InChI=1S/C17H24N4OS/c1-14-17(19-13-18-14)11-21(7-6-20(2)3)10-16-9-15(12-23-16)5-4-8-22/h9,12-13,22H,6-8,10-11H2,1-3H3,(H,18,19). The van der Waals surface area contributed by atoms with Crippen LogP contribution in [0.1, 0.15) is 21.8 Å². The number of aromatic nitrogens is 2. The van der Waals surface area contributed by atoms with Crippen LogP contribution < -0.4 is 0 Å². The third-order valence-corrected chi connectivity index (χ3v) is 4.44. The average molecular weight is 332 g/mol. The molecule has 0 unspecified atom stereocenters. The summed E-state index contributed by atoms with van der Waals surface area (Å²) >= 11 is 1.71. The number of nitrogens with one attached hydrogen (secondary N) is 1. The van der Waals surface area contributed by atoms with Gasteiger partial charge in [0.15, 0.2) is 0 Å². The number of hydrogen-bond donors (Lipinski definition) is 2. The molecule has 2 heterocycles. The normalized spacial score (nSPS) is 11.0. The molecule has 0 bridgehead atoms. The monoisotopic (exact) mass is 332 g/mol. The summed E-state index contributed by atoms with van der Waals surface area (Å²) in [4.78, 5) is 13.4. The van der Waals surface area contributed by atoms with Gasteiger partial charge in [-0.15, -0.1) is 11.3 Å². The van der Waals surface area contributed by atoms with Gasteiger partial charge in [-0.1, -0.05) is 11.8 Å². The number of thiophene rings is 1. The smallest absolute Gasteiger partial charge is 0.104 e. The van der Waals surface area contributed by atoms with E-state index >= 15 is 0 Å². The summed E-state index contributed by atoms with van der Waals surface area (Å²) < 4.78 is 0. The number of imidazole rings is 1. The van der Waals surface area contributed by atoms with Gasteiger partial charge in [0.1, 0.15) is 6.61 Å². The van der Waals surface area contributed by atoms with Crippen LogP contribution in [0.5, 0.6) is 0 Å². The van der Waals surface area contributed by atoms with Crippen molar-refractivity contribution in [2.45, 2.75) is 20.0 Å². The molecule has 2 rings (SSSR count).